The number of hydrogen-bond donors (Lipinski definition) is 0. The molecule has 6 heteroatoms. The standard InChI is InChI=1S/C27H24ClNO2S2/c1-2-3-6-19-9-13-22(14-10-19)29-26(30)25(33-27(29)32)17-20-11-15-23(16-12-20)31-18-21-7-4-5-8-24(21)28/h4-5,7-17H,2-3,6,18H2,1H3/b25-17-. The molecule has 0 aromatic heterocycles. The summed E-state index contributed by atoms with van der Waals surface area (Å²) in [5.41, 5.74) is 3.93. The van der Waals surface area contributed by atoms with Crippen molar-refractivity contribution in [1.82, 2.24) is 0 Å². The number of unbranched alkanes of at least 4 members (excludes halogenated alkanes) is 1. The third-order valence-electron chi connectivity index (χ3n) is 5.34. The fourth-order valence-corrected chi connectivity index (χ4v) is 4.96. The Balaban J connectivity index is 1.42. The van der Waals surface area contributed by atoms with Gasteiger partial charge in [0.25, 0.3) is 5.91 Å². The number of benzene rings is 3. The van der Waals surface area contributed by atoms with Crippen LogP contribution in [0.4, 0.5) is 5.69 Å². The average Bonchev–Trinajstić information content (AvgIpc) is 3.11. The number of hydrogen-bond acceptors (Lipinski definition) is 4. The lowest BCUT2D eigenvalue weighted by Crippen LogP contribution is -2.27. The van der Waals surface area contributed by atoms with E-state index in [1.165, 1.54) is 17.3 Å². The topological polar surface area (TPSA) is 29.5 Å². The number of anilines is 1. The Bertz CT molecular complexity index is 1170. The van der Waals surface area contributed by atoms with Gasteiger partial charge in [-0.3, -0.25) is 9.69 Å². The first kappa shape index (κ1) is 23.6. The molecule has 3 aromatic rings. The smallest absolute Gasteiger partial charge is 0.270 e. The molecule has 4 rings (SSSR count). The Hall–Kier alpha value is -2.60. The summed E-state index contributed by atoms with van der Waals surface area (Å²) in [6, 6.07) is 23.4. The second-order valence-electron chi connectivity index (χ2n) is 7.74. The van der Waals surface area contributed by atoms with Gasteiger partial charge in [-0.25, -0.2) is 0 Å². The molecule has 0 N–H and O–H groups in total. The maximum Gasteiger partial charge on any atom is 0.270 e. The van der Waals surface area contributed by atoms with Gasteiger partial charge < -0.3 is 4.74 Å². The van der Waals surface area contributed by atoms with Crippen molar-refractivity contribution in [2.24, 2.45) is 0 Å². The first-order chi connectivity index (χ1) is 16.0. The van der Waals surface area contributed by atoms with Crippen molar-refractivity contribution in [3.8, 4) is 5.75 Å². The van der Waals surface area contributed by atoms with E-state index >= 15 is 0 Å². The van der Waals surface area contributed by atoms with Crippen LogP contribution in [0.25, 0.3) is 6.08 Å². The van der Waals surface area contributed by atoms with Crippen molar-refractivity contribution in [1.29, 1.82) is 0 Å². The van der Waals surface area contributed by atoms with Gasteiger partial charge in [0.05, 0.1) is 10.6 Å². The molecule has 3 aromatic carbocycles. The lowest BCUT2D eigenvalue weighted by Gasteiger charge is -2.15. The number of halogens is 1. The van der Waals surface area contributed by atoms with Gasteiger partial charge in [0.2, 0.25) is 0 Å². The van der Waals surface area contributed by atoms with E-state index in [4.69, 9.17) is 28.6 Å². The molecule has 1 heterocycles. The number of aryl methyl sites for hydroxylation is 1. The highest BCUT2D eigenvalue weighted by Crippen LogP contribution is 2.36. The van der Waals surface area contributed by atoms with Crippen molar-refractivity contribution in [2.75, 3.05) is 4.90 Å². The van der Waals surface area contributed by atoms with E-state index < -0.39 is 0 Å². The van der Waals surface area contributed by atoms with Gasteiger partial charge >= 0.3 is 0 Å². The Labute approximate surface area is 209 Å². The summed E-state index contributed by atoms with van der Waals surface area (Å²) in [6.45, 7) is 2.58. The van der Waals surface area contributed by atoms with Gasteiger partial charge in [0, 0.05) is 10.6 Å². The van der Waals surface area contributed by atoms with Crippen LogP contribution in [0.1, 0.15) is 36.5 Å². The highest BCUT2D eigenvalue weighted by atomic mass is 35.5. The van der Waals surface area contributed by atoms with E-state index in [9.17, 15) is 4.79 Å². The van der Waals surface area contributed by atoms with E-state index in [-0.39, 0.29) is 5.91 Å². The van der Waals surface area contributed by atoms with E-state index in [2.05, 4.69) is 19.1 Å². The zero-order valence-corrected chi connectivity index (χ0v) is 20.7. The van der Waals surface area contributed by atoms with Crippen LogP contribution in [0.3, 0.4) is 0 Å². The molecule has 0 atom stereocenters. The monoisotopic (exact) mass is 493 g/mol. The predicted octanol–water partition coefficient (Wildman–Crippen LogP) is 7.67. The molecule has 1 fully saturated rings. The fraction of sp³-hybridized carbons (Fsp3) is 0.185. The average molecular weight is 494 g/mol. The molecule has 1 aliphatic heterocycles. The molecular formula is C27H24ClNO2S2. The molecule has 1 amide bonds. The molecule has 1 aliphatic rings. The van der Waals surface area contributed by atoms with Crippen LogP contribution in [-0.2, 0) is 17.8 Å². The van der Waals surface area contributed by atoms with Crippen LogP contribution >= 0.6 is 35.6 Å². The van der Waals surface area contributed by atoms with E-state index in [0.29, 0.717) is 20.9 Å². The molecule has 0 spiro atoms. The lowest BCUT2D eigenvalue weighted by atomic mass is 10.1. The van der Waals surface area contributed by atoms with Crippen LogP contribution in [-0.4, -0.2) is 10.2 Å². The van der Waals surface area contributed by atoms with Gasteiger partial charge in [-0.1, -0.05) is 91.4 Å². The third-order valence-corrected chi connectivity index (χ3v) is 7.01. The number of ether oxygens (including phenoxy) is 1. The van der Waals surface area contributed by atoms with Crippen molar-refractivity contribution in [2.45, 2.75) is 32.8 Å². The second kappa shape index (κ2) is 11.0. The van der Waals surface area contributed by atoms with Gasteiger partial charge in [0.15, 0.2) is 4.32 Å². The minimum atomic E-state index is -0.0923. The van der Waals surface area contributed by atoms with Crippen LogP contribution in [0.2, 0.25) is 5.02 Å². The fourth-order valence-electron chi connectivity index (χ4n) is 3.47. The summed E-state index contributed by atoms with van der Waals surface area (Å²) >= 11 is 13.0. The number of rotatable bonds is 8. The normalized spacial score (nSPS) is 14.8. The maximum atomic E-state index is 13.0. The molecule has 3 nitrogen and oxygen atoms in total. The number of carbonyl (C=O) groups is 1. The number of amides is 1. The first-order valence-corrected chi connectivity index (χ1v) is 12.5. The van der Waals surface area contributed by atoms with E-state index in [1.54, 1.807) is 4.90 Å². The number of nitrogens with zero attached hydrogens (tertiary/aromatic N) is 1. The van der Waals surface area contributed by atoms with Crippen LogP contribution in [0.15, 0.2) is 77.7 Å². The molecule has 0 radical (unpaired) electrons. The zero-order chi connectivity index (χ0) is 23.2. The Kier molecular flexibility index (Phi) is 7.86. The highest BCUT2D eigenvalue weighted by molar-refractivity contribution is 8.27. The summed E-state index contributed by atoms with van der Waals surface area (Å²) in [7, 11) is 0. The molecule has 168 valence electrons. The van der Waals surface area contributed by atoms with Gasteiger partial charge in [-0.2, -0.15) is 0 Å². The summed E-state index contributed by atoms with van der Waals surface area (Å²) in [6.07, 6.45) is 5.24. The van der Waals surface area contributed by atoms with Crippen LogP contribution in [0.5, 0.6) is 5.75 Å². The maximum absolute atomic E-state index is 13.0. The number of thiocarbonyl (C=S) groups is 1. The van der Waals surface area contributed by atoms with Gasteiger partial charge in [-0.15, -0.1) is 0 Å². The highest BCUT2D eigenvalue weighted by Gasteiger charge is 2.33. The minimum absolute atomic E-state index is 0.0923. The van der Waals surface area contributed by atoms with Crippen molar-refractivity contribution < 1.29 is 9.53 Å². The Morgan fingerprint density at radius 1 is 1.03 bits per heavy atom. The lowest BCUT2D eigenvalue weighted by molar-refractivity contribution is -0.113. The summed E-state index contributed by atoms with van der Waals surface area (Å²) in [4.78, 5) is 15.3. The second-order valence-corrected chi connectivity index (χ2v) is 9.82. The molecule has 33 heavy (non-hydrogen) atoms. The SMILES string of the molecule is CCCCc1ccc(N2C(=O)/C(=C/c3ccc(OCc4ccccc4Cl)cc3)SC2=S)cc1. The molecule has 0 bridgehead atoms. The predicted molar refractivity (Wildman–Crippen MR) is 143 cm³/mol. The summed E-state index contributed by atoms with van der Waals surface area (Å²) < 4.78 is 6.39. The third kappa shape index (κ3) is 5.85. The van der Waals surface area contributed by atoms with E-state index in [1.807, 2.05) is 66.7 Å². The molecule has 0 aliphatic carbocycles. The van der Waals surface area contributed by atoms with Gasteiger partial charge in [-0.05, 0) is 60.4 Å². The van der Waals surface area contributed by atoms with Crippen LogP contribution < -0.4 is 9.64 Å². The van der Waals surface area contributed by atoms with Crippen molar-refractivity contribution in [3.05, 3.63) is 99.4 Å². The molecule has 0 unspecified atom stereocenters. The minimum Gasteiger partial charge on any atom is -0.489 e. The Morgan fingerprint density at radius 3 is 2.45 bits per heavy atom. The molecular weight excluding hydrogens is 470 g/mol. The molecule has 1 saturated heterocycles. The quantitative estimate of drug-likeness (QED) is 0.238. The summed E-state index contributed by atoms with van der Waals surface area (Å²) in [5.74, 6) is 0.646. The first-order valence-electron chi connectivity index (χ1n) is 10.9. The zero-order valence-electron chi connectivity index (χ0n) is 18.3. The number of thioether (sulfide) groups is 1. The van der Waals surface area contributed by atoms with Gasteiger partial charge in [0.1, 0.15) is 12.4 Å². The summed E-state index contributed by atoms with van der Waals surface area (Å²) in [5, 5.41) is 0.687. The Morgan fingerprint density at radius 2 is 1.76 bits per heavy atom. The van der Waals surface area contributed by atoms with Crippen LogP contribution in [0, 0.1) is 0 Å². The number of carbonyl (C=O) groups excluding carboxylic acids is 1. The molecule has 0 saturated carbocycles. The van der Waals surface area contributed by atoms with E-state index in [0.717, 1.165) is 41.8 Å². The van der Waals surface area contributed by atoms with Crippen molar-refractivity contribution in [3.63, 3.8) is 0 Å². The van der Waals surface area contributed by atoms with Crippen molar-refractivity contribution >= 4 is 57.6 Å². The largest absolute Gasteiger partial charge is 0.489 e.